The fraction of sp³-hybridized carbons (Fsp3) is 0.200. The third-order valence-electron chi connectivity index (χ3n) is 4.54. The largest absolute Gasteiger partial charge is 0.474 e. The third kappa shape index (κ3) is 2.97. The second-order valence-electron chi connectivity index (χ2n) is 6.62. The van der Waals surface area contributed by atoms with Crippen LogP contribution in [0.3, 0.4) is 0 Å². The summed E-state index contributed by atoms with van der Waals surface area (Å²) in [6, 6.07) is 14.3. The molecular weight excluding hydrogens is 344 g/mol. The molecule has 0 spiro atoms. The molecule has 1 N–H and O–H groups in total. The summed E-state index contributed by atoms with van der Waals surface area (Å²) in [6.45, 7) is 4.08. The van der Waals surface area contributed by atoms with Crippen LogP contribution in [0, 0.1) is 0 Å². The highest BCUT2D eigenvalue weighted by Crippen LogP contribution is 2.32. The van der Waals surface area contributed by atoms with Crippen molar-refractivity contribution < 1.29 is 14.3 Å². The zero-order valence-electron chi connectivity index (χ0n) is 15.2. The Kier molecular flexibility index (Phi) is 3.99. The van der Waals surface area contributed by atoms with E-state index in [2.05, 4.69) is 15.0 Å². The van der Waals surface area contributed by atoms with Gasteiger partial charge in [-0.2, -0.15) is 9.97 Å². The molecule has 0 bridgehead atoms. The number of aromatic nitrogens is 3. The van der Waals surface area contributed by atoms with Gasteiger partial charge in [-0.15, -0.1) is 0 Å². The van der Waals surface area contributed by atoms with Crippen LogP contribution in [-0.4, -0.2) is 39.1 Å². The van der Waals surface area contributed by atoms with E-state index in [4.69, 9.17) is 9.52 Å². The van der Waals surface area contributed by atoms with Crippen molar-refractivity contribution in [2.45, 2.75) is 19.9 Å². The van der Waals surface area contributed by atoms with Gasteiger partial charge in [0.2, 0.25) is 5.65 Å². The Hall–Kier alpha value is -3.48. The van der Waals surface area contributed by atoms with Gasteiger partial charge in [0.25, 0.3) is 5.71 Å². The molecule has 0 amide bonds. The fourth-order valence-electron chi connectivity index (χ4n) is 2.87. The molecule has 0 radical (unpaired) electrons. The molecule has 136 valence electrons. The molecule has 2 heterocycles. The van der Waals surface area contributed by atoms with Crippen LogP contribution >= 0.6 is 0 Å². The van der Waals surface area contributed by atoms with E-state index in [9.17, 15) is 4.79 Å². The number of nitrogens with zero attached hydrogens (tertiary/aromatic N) is 4. The second-order valence-corrected chi connectivity index (χ2v) is 6.62. The Morgan fingerprint density at radius 1 is 1.07 bits per heavy atom. The monoisotopic (exact) mass is 362 g/mol. The van der Waals surface area contributed by atoms with Gasteiger partial charge in [-0.05, 0) is 30.7 Å². The Labute approximate surface area is 155 Å². The average Bonchev–Trinajstić information content (AvgIpc) is 3.09. The normalized spacial score (nSPS) is 11.4. The molecule has 7 heteroatoms. The predicted octanol–water partition coefficient (Wildman–Crippen LogP) is 3.98. The van der Waals surface area contributed by atoms with Crippen LogP contribution in [0.5, 0.6) is 0 Å². The highest BCUT2D eigenvalue weighted by atomic mass is 16.4. The number of carboxylic acids is 1. The highest BCUT2D eigenvalue weighted by molar-refractivity contribution is 5.90. The first-order valence-corrected chi connectivity index (χ1v) is 8.58. The van der Waals surface area contributed by atoms with Crippen LogP contribution in [0.1, 0.15) is 24.5 Å². The number of rotatable bonds is 4. The fourth-order valence-corrected chi connectivity index (χ4v) is 2.87. The number of fused-ring (bicyclic) bond motifs is 2. The number of anilines is 1. The second kappa shape index (κ2) is 6.35. The van der Waals surface area contributed by atoms with E-state index < -0.39 is 11.9 Å². The quantitative estimate of drug-likeness (QED) is 0.587. The van der Waals surface area contributed by atoms with Crippen molar-refractivity contribution in [2.24, 2.45) is 0 Å². The summed E-state index contributed by atoms with van der Waals surface area (Å²) in [6.07, 6.45) is 0. The minimum atomic E-state index is -1.25. The lowest BCUT2D eigenvalue weighted by Gasteiger charge is -2.24. The van der Waals surface area contributed by atoms with E-state index in [0.717, 1.165) is 16.3 Å². The first-order chi connectivity index (χ1) is 12.9. The molecular formula is C20H18N4O3. The summed E-state index contributed by atoms with van der Waals surface area (Å²) >= 11 is 0. The first kappa shape index (κ1) is 17.0. The summed E-state index contributed by atoms with van der Waals surface area (Å²) in [4.78, 5) is 26.2. The smallest absolute Gasteiger partial charge is 0.392 e. The highest BCUT2D eigenvalue weighted by Gasteiger charge is 2.21. The van der Waals surface area contributed by atoms with Crippen molar-refractivity contribution in [1.82, 2.24) is 15.0 Å². The lowest BCUT2D eigenvalue weighted by molar-refractivity contribution is 0.0656. The number of benzene rings is 2. The Bertz CT molecular complexity index is 1170. The van der Waals surface area contributed by atoms with Crippen LogP contribution in [0.25, 0.3) is 33.4 Å². The minimum Gasteiger partial charge on any atom is -0.474 e. The van der Waals surface area contributed by atoms with E-state index in [0.29, 0.717) is 11.5 Å². The molecule has 0 saturated carbocycles. The van der Waals surface area contributed by atoms with Gasteiger partial charge in [0, 0.05) is 18.7 Å². The molecule has 0 atom stereocenters. The van der Waals surface area contributed by atoms with E-state index >= 15 is 0 Å². The summed E-state index contributed by atoms with van der Waals surface area (Å²) in [7, 11) is 1.92. The van der Waals surface area contributed by atoms with Crippen molar-refractivity contribution in [2.75, 3.05) is 11.9 Å². The molecule has 4 rings (SSSR count). The number of hydrogen-bond donors (Lipinski definition) is 1. The van der Waals surface area contributed by atoms with Gasteiger partial charge in [-0.1, -0.05) is 36.4 Å². The Morgan fingerprint density at radius 3 is 2.52 bits per heavy atom. The third-order valence-corrected chi connectivity index (χ3v) is 4.54. The zero-order valence-corrected chi connectivity index (χ0v) is 15.2. The maximum Gasteiger partial charge on any atom is 0.392 e. The Morgan fingerprint density at radius 2 is 1.81 bits per heavy atom. The number of carboxylic acid groups (broad SMARTS) is 1. The summed E-state index contributed by atoms with van der Waals surface area (Å²) in [5, 5.41) is 11.3. The van der Waals surface area contributed by atoms with Crippen LogP contribution in [0.2, 0.25) is 0 Å². The van der Waals surface area contributed by atoms with Crippen LogP contribution in [-0.2, 0) is 0 Å². The number of aromatic carboxylic acids is 1. The number of carbonyl (C=O) groups is 1. The van der Waals surface area contributed by atoms with Crippen molar-refractivity contribution in [3.05, 3.63) is 48.4 Å². The predicted molar refractivity (Wildman–Crippen MR) is 103 cm³/mol. The minimum absolute atomic E-state index is 0.111. The van der Waals surface area contributed by atoms with Gasteiger partial charge in [0.15, 0.2) is 5.82 Å². The maximum absolute atomic E-state index is 11.2. The lowest BCUT2D eigenvalue weighted by atomic mass is 10.0. The van der Waals surface area contributed by atoms with Gasteiger partial charge in [0.1, 0.15) is 5.69 Å². The van der Waals surface area contributed by atoms with Crippen molar-refractivity contribution in [3.63, 3.8) is 0 Å². The molecule has 7 nitrogen and oxygen atoms in total. The topological polar surface area (TPSA) is 92.4 Å². The van der Waals surface area contributed by atoms with Crippen molar-refractivity contribution in [3.8, 4) is 11.3 Å². The summed E-state index contributed by atoms with van der Waals surface area (Å²) < 4.78 is 5.25. The number of oxazole rings is 1. The van der Waals surface area contributed by atoms with Gasteiger partial charge in [-0.25, -0.2) is 9.78 Å². The van der Waals surface area contributed by atoms with Gasteiger partial charge in [-0.3, -0.25) is 0 Å². The Balaban J connectivity index is 1.97. The molecule has 2 aromatic heterocycles. The average molecular weight is 362 g/mol. The van der Waals surface area contributed by atoms with Crippen LogP contribution in [0.4, 0.5) is 5.82 Å². The van der Waals surface area contributed by atoms with Gasteiger partial charge >= 0.3 is 11.9 Å². The van der Waals surface area contributed by atoms with Crippen LogP contribution < -0.4 is 4.90 Å². The number of hydrogen-bond acceptors (Lipinski definition) is 6. The van der Waals surface area contributed by atoms with E-state index in [1.165, 1.54) is 0 Å². The standard InChI is InChI=1S/C20H18N4O3/c1-11(2)24(3)17-15(14-9-8-12-6-4-5-7-13(12)10-14)21-16-18(23-17)27-19(22-16)20(25)26/h4-11H,1-3H3,(H,25,26). The van der Waals surface area contributed by atoms with Crippen molar-refractivity contribution in [1.29, 1.82) is 0 Å². The molecule has 0 unspecified atom stereocenters. The molecule has 4 aromatic rings. The lowest BCUT2D eigenvalue weighted by Crippen LogP contribution is -2.27. The zero-order chi connectivity index (χ0) is 19.1. The van der Waals surface area contributed by atoms with E-state index in [1.807, 2.05) is 68.3 Å². The molecule has 0 aliphatic rings. The molecule has 2 aromatic carbocycles. The summed E-state index contributed by atoms with van der Waals surface area (Å²) in [5.41, 5.74) is 1.80. The summed E-state index contributed by atoms with van der Waals surface area (Å²) in [5.74, 6) is -1.06. The molecule has 0 saturated heterocycles. The van der Waals surface area contributed by atoms with Crippen molar-refractivity contribution >= 4 is 33.9 Å². The molecule has 0 aliphatic carbocycles. The maximum atomic E-state index is 11.2. The van der Waals surface area contributed by atoms with Gasteiger partial charge < -0.3 is 14.4 Å². The van der Waals surface area contributed by atoms with Gasteiger partial charge in [0.05, 0.1) is 0 Å². The molecule has 27 heavy (non-hydrogen) atoms. The first-order valence-electron chi connectivity index (χ1n) is 8.58. The van der Waals surface area contributed by atoms with E-state index in [-0.39, 0.29) is 17.4 Å². The van der Waals surface area contributed by atoms with E-state index in [1.54, 1.807) is 0 Å². The molecule has 0 fully saturated rings. The van der Waals surface area contributed by atoms with Crippen LogP contribution in [0.15, 0.2) is 46.9 Å². The SMILES string of the molecule is CC(C)N(C)c1nc2oc(C(=O)O)nc2nc1-c1ccc2ccccc2c1. The molecule has 0 aliphatic heterocycles.